The molecule has 0 unspecified atom stereocenters. The van der Waals surface area contributed by atoms with E-state index < -0.39 is 12.0 Å². The number of halogens is 1. The molecular formula is C14H17IN2O4. The Bertz CT molecular complexity index is 544. The van der Waals surface area contributed by atoms with Gasteiger partial charge in [0, 0.05) is 16.2 Å². The van der Waals surface area contributed by atoms with Crippen molar-refractivity contribution in [3.63, 3.8) is 0 Å². The Morgan fingerprint density at radius 1 is 1.43 bits per heavy atom. The molecule has 114 valence electrons. The summed E-state index contributed by atoms with van der Waals surface area (Å²) in [5, 5.41) is 14.5. The second-order valence-corrected chi connectivity index (χ2v) is 6.08. The quantitative estimate of drug-likeness (QED) is 0.659. The number of nitrogens with one attached hydrogen (secondary N) is 2. The average Bonchev–Trinajstić information content (AvgIpc) is 2.38. The summed E-state index contributed by atoms with van der Waals surface area (Å²) in [5.41, 5.74) is 0.374. The highest BCUT2D eigenvalue weighted by molar-refractivity contribution is 14.1. The van der Waals surface area contributed by atoms with Gasteiger partial charge in [-0.05, 0) is 60.6 Å². The molecule has 0 saturated heterocycles. The summed E-state index contributed by atoms with van der Waals surface area (Å²) in [6, 6.07) is 4.55. The largest absolute Gasteiger partial charge is 0.478 e. The smallest absolute Gasteiger partial charge is 0.337 e. The van der Waals surface area contributed by atoms with Crippen LogP contribution >= 0.6 is 22.6 Å². The van der Waals surface area contributed by atoms with Crippen LogP contribution in [0.2, 0.25) is 0 Å². The van der Waals surface area contributed by atoms with Crippen molar-refractivity contribution < 1.29 is 19.4 Å². The minimum Gasteiger partial charge on any atom is -0.478 e. The average molecular weight is 404 g/mol. The predicted octanol–water partition coefficient (Wildman–Crippen LogP) is 2.68. The summed E-state index contributed by atoms with van der Waals surface area (Å²) in [4.78, 5) is 23.1. The molecule has 1 fully saturated rings. The van der Waals surface area contributed by atoms with Gasteiger partial charge in [0.2, 0.25) is 0 Å². The SMILES string of the molecule is CCOC1CC(NC(=O)Nc2ccc(I)cc2C(=O)O)C1. The molecule has 6 nitrogen and oxygen atoms in total. The van der Waals surface area contributed by atoms with Crippen LogP contribution in [0.5, 0.6) is 0 Å². The Hall–Kier alpha value is -1.35. The Morgan fingerprint density at radius 3 is 2.76 bits per heavy atom. The third-order valence-electron chi connectivity index (χ3n) is 3.29. The lowest BCUT2D eigenvalue weighted by atomic mass is 9.89. The number of carboxylic acids is 1. The molecule has 0 aromatic heterocycles. The van der Waals surface area contributed by atoms with Gasteiger partial charge in [0.05, 0.1) is 17.4 Å². The van der Waals surface area contributed by atoms with Crippen LogP contribution in [0.1, 0.15) is 30.1 Å². The van der Waals surface area contributed by atoms with Gasteiger partial charge in [-0.15, -0.1) is 0 Å². The maximum Gasteiger partial charge on any atom is 0.337 e. The second-order valence-electron chi connectivity index (χ2n) is 4.84. The topological polar surface area (TPSA) is 87.7 Å². The third kappa shape index (κ3) is 4.31. The van der Waals surface area contributed by atoms with Crippen molar-refractivity contribution in [1.82, 2.24) is 5.32 Å². The lowest BCUT2D eigenvalue weighted by Gasteiger charge is -2.35. The first-order valence-corrected chi connectivity index (χ1v) is 7.79. The molecule has 0 spiro atoms. The van der Waals surface area contributed by atoms with Crippen LogP contribution in [-0.4, -0.2) is 35.9 Å². The van der Waals surface area contributed by atoms with Crippen molar-refractivity contribution in [3.8, 4) is 0 Å². The lowest BCUT2D eigenvalue weighted by molar-refractivity contribution is -0.00673. The molecule has 1 aliphatic carbocycles. The minimum absolute atomic E-state index is 0.0813. The number of carbonyl (C=O) groups excluding carboxylic acids is 1. The van der Waals surface area contributed by atoms with Gasteiger partial charge in [0.15, 0.2) is 0 Å². The molecule has 1 saturated carbocycles. The van der Waals surface area contributed by atoms with Crippen molar-refractivity contribution in [1.29, 1.82) is 0 Å². The van der Waals surface area contributed by atoms with Crippen molar-refractivity contribution in [2.45, 2.75) is 31.9 Å². The lowest BCUT2D eigenvalue weighted by Crippen LogP contribution is -2.49. The highest BCUT2D eigenvalue weighted by atomic mass is 127. The number of aromatic carboxylic acids is 1. The van der Waals surface area contributed by atoms with E-state index in [0.717, 1.165) is 16.4 Å². The van der Waals surface area contributed by atoms with E-state index in [1.165, 1.54) is 6.07 Å². The molecule has 2 rings (SSSR count). The molecule has 0 atom stereocenters. The van der Waals surface area contributed by atoms with Gasteiger partial charge in [0.1, 0.15) is 0 Å². The Kier molecular flexibility index (Phi) is 5.40. The minimum atomic E-state index is -1.07. The number of amides is 2. The molecular weight excluding hydrogens is 387 g/mol. The fourth-order valence-corrected chi connectivity index (χ4v) is 2.69. The van der Waals surface area contributed by atoms with Crippen LogP contribution in [0.3, 0.4) is 0 Å². The first-order chi connectivity index (χ1) is 9.99. The zero-order valence-electron chi connectivity index (χ0n) is 11.6. The zero-order chi connectivity index (χ0) is 15.4. The normalized spacial score (nSPS) is 20.5. The number of hydrogen-bond donors (Lipinski definition) is 3. The van der Waals surface area contributed by atoms with Crippen LogP contribution in [0.25, 0.3) is 0 Å². The summed E-state index contributed by atoms with van der Waals surface area (Å²) in [5.74, 6) is -1.07. The van der Waals surface area contributed by atoms with Gasteiger partial charge in [0.25, 0.3) is 0 Å². The number of ether oxygens (including phenoxy) is 1. The first kappa shape index (κ1) is 16.0. The molecule has 1 aliphatic rings. The van der Waals surface area contributed by atoms with Crippen LogP contribution < -0.4 is 10.6 Å². The summed E-state index contributed by atoms with van der Waals surface area (Å²) in [7, 11) is 0. The van der Waals surface area contributed by atoms with Gasteiger partial charge >= 0.3 is 12.0 Å². The van der Waals surface area contributed by atoms with Gasteiger partial charge < -0.3 is 20.5 Å². The highest BCUT2D eigenvalue weighted by Gasteiger charge is 2.30. The monoisotopic (exact) mass is 404 g/mol. The van der Waals surface area contributed by atoms with Crippen LogP contribution in [0, 0.1) is 3.57 Å². The van der Waals surface area contributed by atoms with E-state index in [1.54, 1.807) is 12.1 Å². The highest BCUT2D eigenvalue weighted by Crippen LogP contribution is 2.24. The molecule has 1 aromatic rings. The first-order valence-electron chi connectivity index (χ1n) is 6.71. The van der Waals surface area contributed by atoms with Crippen LogP contribution in [-0.2, 0) is 4.74 Å². The number of benzene rings is 1. The summed E-state index contributed by atoms with van der Waals surface area (Å²) in [6.45, 7) is 2.62. The maximum atomic E-state index is 11.9. The van der Waals surface area contributed by atoms with Gasteiger partial charge in [-0.3, -0.25) is 0 Å². The Labute approximate surface area is 136 Å². The summed E-state index contributed by atoms with van der Waals surface area (Å²) in [6.07, 6.45) is 1.80. The number of urea groups is 1. The molecule has 0 heterocycles. The van der Waals surface area contributed by atoms with Crippen molar-refractivity contribution in [2.75, 3.05) is 11.9 Å². The summed E-state index contributed by atoms with van der Waals surface area (Å²) >= 11 is 2.03. The van der Waals surface area contributed by atoms with E-state index in [1.807, 2.05) is 29.5 Å². The van der Waals surface area contributed by atoms with E-state index in [4.69, 9.17) is 9.84 Å². The Morgan fingerprint density at radius 2 is 2.14 bits per heavy atom. The molecule has 7 heteroatoms. The van der Waals surface area contributed by atoms with Crippen LogP contribution in [0.4, 0.5) is 10.5 Å². The number of carboxylic acid groups (broad SMARTS) is 1. The number of anilines is 1. The fourth-order valence-electron chi connectivity index (χ4n) is 2.20. The van der Waals surface area contributed by atoms with Crippen molar-refractivity contribution >= 4 is 40.3 Å². The molecule has 1 aromatic carbocycles. The van der Waals surface area contributed by atoms with E-state index in [-0.39, 0.29) is 17.7 Å². The third-order valence-corrected chi connectivity index (χ3v) is 3.96. The molecule has 21 heavy (non-hydrogen) atoms. The van der Waals surface area contributed by atoms with Crippen molar-refractivity contribution in [3.05, 3.63) is 27.3 Å². The Balaban J connectivity index is 1.90. The summed E-state index contributed by atoms with van der Waals surface area (Å²) < 4.78 is 6.22. The zero-order valence-corrected chi connectivity index (χ0v) is 13.7. The fraction of sp³-hybridized carbons (Fsp3) is 0.429. The van der Waals surface area contributed by atoms with Gasteiger partial charge in [-0.25, -0.2) is 9.59 Å². The molecule has 2 amide bonds. The van der Waals surface area contributed by atoms with E-state index >= 15 is 0 Å². The number of rotatable bonds is 5. The number of hydrogen-bond acceptors (Lipinski definition) is 3. The standard InChI is InChI=1S/C14H17IN2O4/c1-2-21-10-6-9(7-10)16-14(20)17-12-4-3-8(15)5-11(12)13(18)19/h3-5,9-10H,2,6-7H2,1H3,(H,18,19)(H2,16,17,20). The molecule has 3 N–H and O–H groups in total. The van der Waals surface area contributed by atoms with Crippen LogP contribution in [0.15, 0.2) is 18.2 Å². The molecule has 0 aliphatic heterocycles. The predicted molar refractivity (Wildman–Crippen MR) is 86.7 cm³/mol. The van der Waals surface area contributed by atoms with Crippen molar-refractivity contribution in [2.24, 2.45) is 0 Å². The van der Waals surface area contributed by atoms with E-state index in [0.29, 0.717) is 12.3 Å². The second kappa shape index (κ2) is 7.08. The molecule has 0 bridgehead atoms. The van der Waals surface area contributed by atoms with E-state index in [9.17, 15) is 9.59 Å². The molecule has 0 radical (unpaired) electrons. The van der Waals surface area contributed by atoms with Gasteiger partial charge in [-0.1, -0.05) is 0 Å². The number of carbonyl (C=O) groups is 2. The maximum absolute atomic E-state index is 11.9. The van der Waals surface area contributed by atoms with E-state index in [2.05, 4.69) is 10.6 Å². The van der Waals surface area contributed by atoms with Gasteiger partial charge in [-0.2, -0.15) is 0 Å².